The van der Waals surface area contributed by atoms with Crippen LogP contribution in [0.2, 0.25) is 0 Å². The summed E-state index contributed by atoms with van der Waals surface area (Å²) in [4.78, 5) is 21.3. The first kappa shape index (κ1) is 15.0. The van der Waals surface area contributed by atoms with Crippen molar-refractivity contribution in [2.75, 3.05) is 0 Å². The Kier molecular flexibility index (Phi) is 5.36. The van der Waals surface area contributed by atoms with E-state index in [1.807, 2.05) is 13.8 Å². The Morgan fingerprint density at radius 3 is 2.16 bits per heavy atom. The normalized spacial score (nSPS) is 12.2. The maximum Gasteiger partial charge on any atom is 0.119 e. The van der Waals surface area contributed by atoms with Gasteiger partial charge in [-0.05, 0) is 44.4 Å². The topological polar surface area (TPSA) is 89.5 Å². The lowest BCUT2D eigenvalue weighted by molar-refractivity contribution is -0.320. The van der Waals surface area contributed by atoms with Crippen molar-refractivity contribution in [3.63, 3.8) is 0 Å². The highest BCUT2D eigenvalue weighted by Gasteiger charge is 2.11. The van der Waals surface area contributed by atoms with Crippen molar-refractivity contribution in [1.29, 1.82) is 0 Å². The molecule has 0 spiro atoms. The van der Waals surface area contributed by atoms with Gasteiger partial charge in [-0.15, -0.1) is 0 Å². The fraction of sp³-hybridized carbons (Fsp3) is 0.429. The highest BCUT2D eigenvalue weighted by molar-refractivity contribution is 5.75. The minimum absolute atomic E-state index is 0.0555. The molecule has 104 valence electrons. The zero-order chi connectivity index (χ0) is 14.4. The average Bonchev–Trinajstić information content (AvgIpc) is 2.29. The van der Waals surface area contributed by atoms with Crippen LogP contribution in [0.5, 0.6) is 5.75 Å². The third-order valence-corrected chi connectivity index (χ3v) is 2.52. The lowest BCUT2D eigenvalue weighted by atomic mass is 9.96. The Morgan fingerprint density at radius 2 is 1.74 bits per heavy atom. The third kappa shape index (κ3) is 5.42. The van der Waals surface area contributed by atoms with Crippen LogP contribution >= 0.6 is 0 Å². The van der Waals surface area contributed by atoms with Gasteiger partial charge in [0.15, 0.2) is 0 Å². The SMILES string of the molecule is CC(C)Oc1ccc(C[C@H](CC(=O)[O-])C(=O)[O-])cc1. The van der Waals surface area contributed by atoms with Gasteiger partial charge in [-0.25, -0.2) is 0 Å². The van der Waals surface area contributed by atoms with Gasteiger partial charge in [0.05, 0.1) is 6.10 Å². The van der Waals surface area contributed by atoms with Crippen molar-refractivity contribution in [2.45, 2.75) is 32.8 Å². The van der Waals surface area contributed by atoms with Gasteiger partial charge in [0, 0.05) is 17.9 Å². The molecule has 0 N–H and O–H groups in total. The van der Waals surface area contributed by atoms with Crippen LogP contribution in [-0.2, 0) is 16.0 Å². The quantitative estimate of drug-likeness (QED) is 0.663. The summed E-state index contributed by atoms with van der Waals surface area (Å²) in [5, 5.41) is 21.3. The van der Waals surface area contributed by atoms with Gasteiger partial charge < -0.3 is 24.5 Å². The van der Waals surface area contributed by atoms with Gasteiger partial charge >= 0.3 is 0 Å². The molecule has 0 radical (unpaired) electrons. The molecular weight excluding hydrogens is 248 g/mol. The van der Waals surface area contributed by atoms with Crippen LogP contribution in [0.1, 0.15) is 25.8 Å². The zero-order valence-electron chi connectivity index (χ0n) is 10.9. The second-order valence-electron chi connectivity index (χ2n) is 4.61. The van der Waals surface area contributed by atoms with Crippen molar-refractivity contribution < 1.29 is 24.5 Å². The molecular formula is C14H16O5-2. The molecule has 5 heteroatoms. The summed E-state index contributed by atoms with van der Waals surface area (Å²) in [7, 11) is 0. The Hall–Kier alpha value is -2.04. The van der Waals surface area contributed by atoms with Gasteiger partial charge in [0.2, 0.25) is 0 Å². The fourth-order valence-corrected chi connectivity index (χ4v) is 1.70. The van der Waals surface area contributed by atoms with Gasteiger partial charge in [-0.3, -0.25) is 0 Å². The predicted octanol–water partition coefficient (Wildman–Crippen LogP) is -0.478. The monoisotopic (exact) mass is 264 g/mol. The molecule has 1 atom stereocenters. The fourth-order valence-electron chi connectivity index (χ4n) is 1.70. The molecule has 1 rings (SSSR count). The summed E-state index contributed by atoms with van der Waals surface area (Å²) in [5.41, 5.74) is 0.714. The number of ether oxygens (including phenoxy) is 1. The smallest absolute Gasteiger partial charge is 0.119 e. The van der Waals surface area contributed by atoms with E-state index in [9.17, 15) is 19.8 Å². The molecule has 0 bridgehead atoms. The number of aliphatic carboxylic acids is 2. The van der Waals surface area contributed by atoms with E-state index in [1.54, 1.807) is 24.3 Å². The van der Waals surface area contributed by atoms with Crippen molar-refractivity contribution in [1.82, 2.24) is 0 Å². The maximum absolute atomic E-state index is 10.8. The summed E-state index contributed by atoms with van der Waals surface area (Å²) in [6, 6.07) is 6.87. The molecule has 1 aromatic rings. The number of hydrogen-bond acceptors (Lipinski definition) is 5. The first-order valence-corrected chi connectivity index (χ1v) is 6.04. The molecule has 0 aliphatic heterocycles. The summed E-state index contributed by atoms with van der Waals surface area (Å²) < 4.78 is 5.45. The maximum atomic E-state index is 10.8. The van der Waals surface area contributed by atoms with Crippen LogP contribution in [0.4, 0.5) is 0 Å². The molecule has 0 heterocycles. The van der Waals surface area contributed by atoms with Crippen molar-refractivity contribution in [3.8, 4) is 5.75 Å². The standard InChI is InChI=1S/C14H18O5/c1-9(2)19-12-5-3-10(4-6-12)7-11(14(17)18)8-13(15)16/h3-6,9,11H,7-8H2,1-2H3,(H,15,16)(H,17,18)/p-2/t11-/m1/s1. The van der Waals surface area contributed by atoms with Gasteiger partial charge in [0.1, 0.15) is 5.75 Å². The number of hydrogen-bond donors (Lipinski definition) is 0. The molecule has 0 aromatic heterocycles. The molecule has 0 saturated carbocycles. The second kappa shape index (κ2) is 6.78. The van der Waals surface area contributed by atoms with E-state index in [4.69, 9.17) is 4.74 Å². The van der Waals surface area contributed by atoms with Crippen molar-refractivity contribution >= 4 is 11.9 Å². The number of carboxylic acid groups (broad SMARTS) is 2. The number of benzene rings is 1. The van der Waals surface area contributed by atoms with Crippen LogP contribution in [-0.4, -0.2) is 18.0 Å². The first-order valence-electron chi connectivity index (χ1n) is 6.04. The van der Waals surface area contributed by atoms with Crippen LogP contribution in [0.25, 0.3) is 0 Å². The lowest BCUT2D eigenvalue weighted by Crippen LogP contribution is -2.37. The second-order valence-corrected chi connectivity index (χ2v) is 4.61. The first-order chi connectivity index (χ1) is 8.88. The summed E-state index contributed by atoms with van der Waals surface area (Å²) in [5.74, 6) is -3.17. The van der Waals surface area contributed by atoms with Crippen molar-refractivity contribution in [3.05, 3.63) is 29.8 Å². The third-order valence-electron chi connectivity index (χ3n) is 2.52. The number of carbonyl (C=O) groups excluding carboxylic acids is 2. The van der Waals surface area contributed by atoms with Gasteiger partial charge in [-0.1, -0.05) is 12.1 Å². The Morgan fingerprint density at radius 1 is 1.16 bits per heavy atom. The minimum Gasteiger partial charge on any atom is -0.550 e. The Bertz CT molecular complexity index is 436. The molecule has 0 saturated heterocycles. The summed E-state index contributed by atoms with van der Waals surface area (Å²) in [6.07, 6.45) is -0.398. The molecule has 0 unspecified atom stereocenters. The van der Waals surface area contributed by atoms with E-state index in [1.165, 1.54) is 0 Å². The highest BCUT2D eigenvalue weighted by atomic mass is 16.5. The van der Waals surface area contributed by atoms with E-state index in [2.05, 4.69) is 0 Å². The lowest BCUT2D eigenvalue weighted by Gasteiger charge is -2.18. The Labute approximate surface area is 111 Å². The van der Waals surface area contributed by atoms with Crippen LogP contribution in [0, 0.1) is 5.92 Å². The van der Waals surface area contributed by atoms with Crippen LogP contribution < -0.4 is 14.9 Å². The van der Waals surface area contributed by atoms with Gasteiger partial charge in [0.25, 0.3) is 0 Å². The largest absolute Gasteiger partial charge is 0.550 e. The van der Waals surface area contributed by atoms with E-state index in [0.717, 1.165) is 0 Å². The highest BCUT2D eigenvalue weighted by Crippen LogP contribution is 2.17. The van der Waals surface area contributed by atoms with Crippen LogP contribution in [0.15, 0.2) is 24.3 Å². The summed E-state index contributed by atoms with van der Waals surface area (Å²) in [6.45, 7) is 3.81. The zero-order valence-corrected chi connectivity index (χ0v) is 10.9. The Balaban J connectivity index is 2.69. The van der Waals surface area contributed by atoms with E-state index < -0.39 is 24.3 Å². The van der Waals surface area contributed by atoms with Crippen molar-refractivity contribution in [2.24, 2.45) is 5.92 Å². The van der Waals surface area contributed by atoms with Gasteiger partial charge in [-0.2, -0.15) is 0 Å². The molecule has 1 aromatic carbocycles. The molecule has 0 fully saturated rings. The minimum atomic E-state index is -1.39. The number of rotatable bonds is 7. The molecule has 0 aliphatic rings. The predicted molar refractivity (Wildman–Crippen MR) is 64.0 cm³/mol. The average molecular weight is 264 g/mol. The number of carbonyl (C=O) groups is 2. The van der Waals surface area contributed by atoms with E-state index in [0.29, 0.717) is 11.3 Å². The van der Waals surface area contributed by atoms with E-state index in [-0.39, 0.29) is 12.5 Å². The number of carboxylic acids is 2. The molecule has 0 aliphatic carbocycles. The molecule has 5 nitrogen and oxygen atoms in total. The molecule has 0 amide bonds. The summed E-state index contributed by atoms with van der Waals surface area (Å²) >= 11 is 0. The molecule has 19 heavy (non-hydrogen) atoms. The van der Waals surface area contributed by atoms with Crippen LogP contribution in [0.3, 0.4) is 0 Å². The van der Waals surface area contributed by atoms with E-state index >= 15 is 0 Å².